The Balaban J connectivity index is 2.15. The van der Waals surface area contributed by atoms with E-state index >= 15 is 0 Å². The van der Waals surface area contributed by atoms with Crippen LogP contribution in [-0.2, 0) is 4.74 Å². The smallest absolute Gasteiger partial charge is 0.254 e. The van der Waals surface area contributed by atoms with E-state index in [4.69, 9.17) is 10.5 Å². The summed E-state index contributed by atoms with van der Waals surface area (Å²) >= 11 is 6.77. The van der Waals surface area contributed by atoms with Crippen molar-refractivity contribution in [2.75, 3.05) is 26.2 Å². The first-order valence-electron chi connectivity index (χ1n) is 5.67. The molecule has 2 rings (SSSR count). The summed E-state index contributed by atoms with van der Waals surface area (Å²) in [4.78, 5) is 14.1. The normalized spacial score (nSPS) is 19.9. The monoisotopic (exact) mass is 376 g/mol. The van der Waals surface area contributed by atoms with Crippen LogP contribution in [0, 0.1) is 0 Å². The molecule has 6 heteroatoms. The van der Waals surface area contributed by atoms with Crippen LogP contribution in [0.25, 0.3) is 0 Å². The maximum atomic E-state index is 12.4. The molecule has 1 atom stereocenters. The van der Waals surface area contributed by atoms with Gasteiger partial charge >= 0.3 is 0 Å². The van der Waals surface area contributed by atoms with E-state index in [0.29, 0.717) is 31.8 Å². The number of hydrogen-bond acceptors (Lipinski definition) is 3. The molecule has 4 nitrogen and oxygen atoms in total. The predicted octanol–water partition coefficient (Wildman–Crippen LogP) is 2.01. The molecule has 2 N–H and O–H groups in total. The fourth-order valence-corrected chi connectivity index (χ4v) is 3.20. The fraction of sp³-hybridized carbons (Fsp3) is 0.417. The van der Waals surface area contributed by atoms with Gasteiger partial charge in [-0.3, -0.25) is 4.79 Å². The molecule has 18 heavy (non-hydrogen) atoms. The highest BCUT2D eigenvalue weighted by Crippen LogP contribution is 2.21. The summed E-state index contributed by atoms with van der Waals surface area (Å²) in [5.41, 5.74) is 6.24. The van der Waals surface area contributed by atoms with Crippen LogP contribution in [0.2, 0.25) is 0 Å². The molecule has 0 spiro atoms. The molecule has 0 saturated carbocycles. The molecule has 1 aliphatic rings. The molecule has 1 aromatic rings. The number of carbonyl (C=O) groups excluding carboxylic acids is 1. The summed E-state index contributed by atoms with van der Waals surface area (Å²) in [5.74, 6) is 0.0127. The molecule has 1 amide bonds. The van der Waals surface area contributed by atoms with Gasteiger partial charge in [-0.15, -0.1) is 0 Å². The number of amides is 1. The SMILES string of the molecule is NCC1CN(C(=O)c2cc(Br)cc(Br)c2)CCO1. The molecule has 1 aromatic carbocycles. The number of nitrogens with zero attached hydrogens (tertiary/aromatic N) is 1. The minimum Gasteiger partial charge on any atom is -0.373 e. The Labute approximate surface area is 123 Å². The van der Waals surface area contributed by atoms with E-state index in [1.807, 2.05) is 18.2 Å². The van der Waals surface area contributed by atoms with Crippen molar-refractivity contribution >= 4 is 37.8 Å². The maximum absolute atomic E-state index is 12.4. The van der Waals surface area contributed by atoms with Gasteiger partial charge in [0.2, 0.25) is 0 Å². The molecular formula is C12H14Br2N2O2. The summed E-state index contributed by atoms with van der Waals surface area (Å²) in [6, 6.07) is 5.54. The first kappa shape index (κ1) is 14.0. The van der Waals surface area contributed by atoms with Crippen molar-refractivity contribution in [1.82, 2.24) is 4.90 Å². The molecule has 0 bridgehead atoms. The average Bonchev–Trinajstić information content (AvgIpc) is 2.37. The molecule has 0 radical (unpaired) electrons. The molecule has 1 unspecified atom stereocenters. The maximum Gasteiger partial charge on any atom is 0.254 e. The summed E-state index contributed by atoms with van der Waals surface area (Å²) in [5, 5.41) is 0. The summed E-state index contributed by atoms with van der Waals surface area (Å²) in [6.45, 7) is 2.15. The Bertz CT molecular complexity index is 433. The van der Waals surface area contributed by atoms with Gasteiger partial charge in [0, 0.05) is 34.1 Å². The fourth-order valence-electron chi connectivity index (χ4n) is 1.91. The number of nitrogens with two attached hydrogens (primary N) is 1. The first-order valence-corrected chi connectivity index (χ1v) is 7.26. The molecule has 1 saturated heterocycles. The van der Waals surface area contributed by atoms with Gasteiger partial charge in [0.05, 0.1) is 12.7 Å². The summed E-state index contributed by atoms with van der Waals surface area (Å²) in [6.07, 6.45) is -0.0571. The highest BCUT2D eigenvalue weighted by atomic mass is 79.9. The molecule has 0 aromatic heterocycles. The van der Waals surface area contributed by atoms with E-state index < -0.39 is 0 Å². The molecule has 0 aliphatic carbocycles. The van der Waals surface area contributed by atoms with Crippen LogP contribution in [0.5, 0.6) is 0 Å². The van der Waals surface area contributed by atoms with Crippen LogP contribution in [0.1, 0.15) is 10.4 Å². The van der Waals surface area contributed by atoms with Crippen LogP contribution in [0.15, 0.2) is 27.1 Å². The quantitative estimate of drug-likeness (QED) is 0.857. The van der Waals surface area contributed by atoms with Crippen molar-refractivity contribution in [3.8, 4) is 0 Å². The molecule has 1 fully saturated rings. The van der Waals surface area contributed by atoms with Gasteiger partial charge in [0.15, 0.2) is 0 Å². The zero-order valence-electron chi connectivity index (χ0n) is 9.73. The van der Waals surface area contributed by atoms with E-state index in [1.165, 1.54) is 0 Å². The number of rotatable bonds is 2. The highest BCUT2D eigenvalue weighted by Gasteiger charge is 2.24. The van der Waals surface area contributed by atoms with Crippen molar-refractivity contribution in [1.29, 1.82) is 0 Å². The van der Waals surface area contributed by atoms with E-state index in [2.05, 4.69) is 31.9 Å². The van der Waals surface area contributed by atoms with Crippen molar-refractivity contribution < 1.29 is 9.53 Å². The number of carbonyl (C=O) groups is 1. The van der Waals surface area contributed by atoms with Crippen LogP contribution < -0.4 is 5.73 Å². The second-order valence-corrected chi connectivity index (χ2v) is 5.97. The lowest BCUT2D eigenvalue weighted by molar-refractivity contribution is -0.0167. The second-order valence-electron chi connectivity index (χ2n) is 4.14. The Hall–Kier alpha value is -0.430. The molecule has 1 aliphatic heterocycles. The van der Waals surface area contributed by atoms with E-state index in [0.717, 1.165) is 8.95 Å². The predicted molar refractivity (Wildman–Crippen MR) is 76.5 cm³/mol. The van der Waals surface area contributed by atoms with Gasteiger partial charge in [-0.2, -0.15) is 0 Å². The highest BCUT2D eigenvalue weighted by molar-refractivity contribution is 9.11. The Kier molecular flexibility index (Phi) is 4.77. The molecule has 1 heterocycles. The number of ether oxygens (including phenoxy) is 1. The Morgan fingerprint density at radius 2 is 2.06 bits per heavy atom. The van der Waals surface area contributed by atoms with Gasteiger partial charge in [-0.1, -0.05) is 31.9 Å². The Morgan fingerprint density at radius 1 is 1.39 bits per heavy atom. The Morgan fingerprint density at radius 3 is 2.67 bits per heavy atom. The zero-order valence-corrected chi connectivity index (χ0v) is 12.9. The minimum absolute atomic E-state index is 0.0127. The number of morpholine rings is 1. The third kappa shape index (κ3) is 3.32. The zero-order chi connectivity index (χ0) is 13.1. The number of hydrogen-bond donors (Lipinski definition) is 1. The largest absolute Gasteiger partial charge is 0.373 e. The van der Waals surface area contributed by atoms with Crippen LogP contribution in [-0.4, -0.2) is 43.2 Å². The van der Waals surface area contributed by atoms with E-state index in [-0.39, 0.29) is 12.0 Å². The lowest BCUT2D eigenvalue weighted by Crippen LogP contribution is -2.48. The van der Waals surface area contributed by atoms with Crippen molar-refractivity contribution in [3.63, 3.8) is 0 Å². The second kappa shape index (κ2) is 6.14. The lowest BCUT2D eigenvalue weighted by atomic mass is 10.1. The van der Waals surface area contributed by atoms with Crippen molar-refractivity contribution in [2.45, 2.75) is 6.10 Å². The van der Waals surface area contributed by atoms with Crippen LogP contribution in [0.3, 0.4) is 0 Å². The molecule has 98 valence electrons. The number of halogens is 2. The standard InChI is InChI=1S/C12H14Br2N2O2/c13-9-3-8(4-10(14)5-9)12(17)16-1-2-18-11(6-15)7-16/h3-5,11H,1-2,6-7,15H2. The van der Waals surface area contributed by atoms with Crippen molar-refractivity contribution in [3.05, 3.63) is 32.7 Å². The average molecular weight is 378 g/mol. The van der Waals surface area contributed by atoms with Crippen LogP contribution >= 0.6 is 31.9 Å². The van der Waals surface area contributed by atoms with Crippen molar-refractivity contribution in [2.24, 2.45) is 5.73 Å². The third-order valence-corrected chi connectivity index (χ3v) is 3.71. The van der Waals surface area contributed by atoms with Gasteiger partial charge in [-0.05, 0) is 18.2 Å². The third-order valence-electron chi connectivity index (χ3n) is 2.80. The summed E-state index contributed by atoms with van der Waals surface area (Å²) in [7, 11) is 0. The lowest BCUT2D eigenvalue weighted by Gasteiger charge is -2.32. The molecular weight excluding hydrogens is 364 g/mol. The van der Waals surface area contributed by atoms with Gasteiger partial charge in [0.1, 0.15) is 0 Å². The van der Waals surface area contributed by atoms with Crippen LogP contribution in [0.4, 0.5) is 0 Å². The van der Waals surface area contributed by atoms with Gasteiger partial charge in [-0.25, -0.2) is 0 Å². The minimum atomic E-state index is -0.0571. The number of benzene rings is 1. The first-order chi connectivity index (χ1) is 8.60. The van der Waals surface area contributed by atoms with E-state index in [9.17, 15) is 4.79 Å². The van der Waals surface area contributed by atoms with E-state index in [1.54, 1.807) is 4.90 Å². The van der Waals surface area contributed by atoms with Gasteiger partial charge in [0.25, 0.3) is 5.91 Å². The van der Waals surface area contributed by atoms with Gasteiger partial charge < -0.3 is 15.4 Å². The topological polar surface area (TPSA) is 55.6 Å². The summed E-state index contributed by atoms with van der Waals surface area (Å²) < 4.78 is 7.21.